The quantitative estimate of drug-likeness (QED) is 0.849. The van der Waals surface area contributed by atoms with E-state index in [1.54, 1.807) is 0 Å². The topological polar surface area (TPSA) is 69.2 Å². The number of carboxylic acid groups (broad SMARTS) is 1. The van der Waals surface area contributed by atoms with Crippen LogP contribution in [0, 0.1) is 0 Å². The molecule has 5 heteroatoms. The van der Waals surface area contributed by atoms with E-state index < -0.39 is 5.97 Å². The SMILES string of the molecule is CCN(CC)Cc1ccc2[nH]nc(C(=O)O)c2c1. The number of nitrogens with zero attached hydrogens (tertiary/aromatic N) is 2. The van der Waals surface area contributed by atoms with Crippen LogP contribution in [0.4, 0.5) is 0 Å². The molecule has 0 saturated carbocycles. The van der Waals surface area contributed by atoms with Crippen LogP contribution in [-0.4, -0.2) is 39.3 Å². The minimum absolute atomic E-state index is 0.0893. The lowest BCUT2D eigenvalue weighted by atomic mass is 10.1. The van der Waals surface area contributed by atoms with Gasteiger partial charge in [-0.2, -0.15) is 5.10 Å². The number of carboxylic acids is 1. The van der Waals surface area contributed by atoms with Crippen LogP contribution >= 0.6 is 0 Å². The third kappa shape index (κ3) is 2.36. The summed E-state index contributed by atoms with van der Waals surface area (Å²) in [5, 5.41) is 16.3. The molecule has 96 valence electrons. The van der Waals surface area contributed by atoms with Gasteiger partial charge in [0, 0.05) is 11.9 Å². The van der Waals surface area contributed by atoms with Crippen molar-refractivity contribution in [3.8, 4) is 0 Å². The van der Waals surface area contributed by atoms with Gasteiger partial charge in [-0.05, 0) is 30.8 Å². The van der Waals surface area contributed by atoms with Gasteiger partial charge in [0.15, 0.2) is 5.69 Å². The summed E-state index contributed by atoms with van der Waals surface area (Å²) in [6.45, 7) is 7.01. The first-order chi connectivity index (χ1) is 8.65. The minimum Gasteiger partial charge on any atom is -0.476 e. The Hall–Kier alpha value is -1.88. The summed E-state index contributed by atoms with van der Waals surface area (Å²) in [5.74, 6) is -0.999. The molecule has 0 aliphatic rings. The first-order valence-corrected chi connectivity index (χ1v) is 6.08. The molecule has 1 aromatic carbocycles. The van der Waals surface area contributed by atoms with Gasteiger partial charge in [-0.1, -0.05) is 19.9 Å². The highest BCUT2D eigenvalue weighted by atomic mass is 16.4. The Morgan fingerprint density at radius 2 is 2.11 bits per heavy atom. The summed E-state index contributed by atoms with van der Waals surface area (Å²) >= 11 is 0. The molecule has 2 rings (SSSR count). The summed E-state index contributed by atoms with van der Waals surface area (Å²) in [7, 11) is 0. The Morgan fingerprint density at radius 1 is 1.39 bits per heavy atom. The molecule has 0 unspecified atom stereocenters. The molecule has 0 radical (unpaired) electrons. The van der Waals surface area contributed by atoms with Crippen molar-refractivity contribution in [2.45, 2.75) is 20.4 Å². The fourth-order valence-corrected chi connectivity index (χ4v) is 2.03. The monoisotopic (exact) mass is 247 g/mol. The van der Waals surface area contributed by atoms with Gasteiger partial charge < -0.3 is 5.11 Å². The Bertz CT molecular complexity index is 558. The van der Waals surface area contributed by atoms with Crippen LogP contribution in [0.2, 0.25) is 0 Å². The van der Waals surface area contributed by atoms with Crippen LogP contribution in [0.25, 0.3) is 10.9 Å². The lowest BCUT2D eigenvalue weighted by molar-refractivity contribution is 0.0692. The van der Waals surface area contributed by atoms with Gasteiger partial charge in [0.2, 0.25) is 0 Å². The van der Waals surface area contributed by atoms with Gasteiger partial charge in [0.05, 0.1) is 5.52 Å². The predicted octanol–water partition coefficient (Wildman–Crippen LogP) is 2.10. The van der Waals surface area contributed by atoms with Gasteiger partial charge in [-0.25, -0.2) is 4.79 Å². The highest BCUT2D eigenvalue weighted by Crippen LogP contribution is 2.18. The van der Waals surface area contributed by atoms with Crippen molar-refractivity contribution >= 4 is 16.9 Å². The van der Waals surface area contributed by atoms with Crippen LogP contribution < -0.4 is 0 Å². The van der Waals surface area contributed by atoms with Crippen molar-refractivity contribution in [3.05, 3.63) is 29.5 Å². The lowest BCUT2D eigenvalue weighted by Gasteiger charge is -2.17. The second-order valence-corrected chi connectivity index (χ2v) is 4.22. The first kappa shape index (κ1) is 12.6. The number of benzene rings is 1. The normalized spacial score (nSPS) is 11.3. The standard InChI is InChI=1S/C13H17N3O2/c1-3-16(4-2)8-9-5-6-11-10(7-9)12(13(17)18)15-14-11/h5-7H,3-4,8H2,1-2H3,(H,14,15)(H,17,18). The van der Waals surface area contributed by atoms with Crippen LogP contribution in [0.1, 0.15) is 29.9 Å². The lowest BCUT2D eigenvalue weighted by Crippen LogP contribution is -2.22. The molecule has 2 aromatic rings. The maximum absolute atomic E-state index is 11.0. The Kier molecular flexibility index (Phi) is 3.62. The smallest absolute Gasteiger partial charge is 0.357 e. The molecule has 18 heavy (non-hydrogen) atoms. The average Bonchev–Trinajstić information content (AvgIpc) is 2.79. The Morgan fingerprint density at radius 3 is 2.72 bits per heavy atom. The summed E-state index contributed by atoms with van der Waals surface area (Å²) in [5.41, 5.74) is 1.96. The number of rotatable bonds is 5. The van der Waals surface area contributed by atoms with Gasteiger partial charge in [-0.15, -0.1) is 0 Å². The van der Waals surface area contributed by atoms with Gasteiger partial charge >= 0.3 is 5.97 Å². The highest BCUT2D eigenvalue weighted by molar-refractivity contribution is 6.01. The van der Waals surface area contributed by atoms with E-state index in [1.165, 1.54) is 0 Å². The Labute approximate surface area is 105 Å². The van der Waals surface area contributed by atoms with Gasteiger partial charge in [0.25, 0.3) is 0 Å². The molecule has 0 saturated heterocycles. The number of H-pyrrole nitrogens is 1. The zero-order chi connectivity index (χ0) is 13.1. The molecule has 1 heterocycles. The van der Waals surface area contributed by atoms with Crippen LogP contribution in [0.3, 0.4) is 0 Å². The molecule has 0 amide bonds. The van der Waals surface area contributed by atoms with Crippen LogP contribution in [-0.2, 0) is 6.54 Å². The number of carbonyl (C=O) groups is 1. The molecule has 0 bridgehead atoms. The number of aromatic carboxylic acids is 1. The maximum atomic E-state index is 11.0. The third-order valence-electron chi connectivity index (χ3n) is 3.13. The average molecular weight is 247 g/mol. The second-order valence-electron chi connectivity index (χ2n) is 4.22. The number of fused-ring (bicyclic) bond motifs is 1. The van der Waals surface area contributed by atoms with E-state index in [0.717, 1.165) is 30.7 Å². The number of nitrogens with one attached hydrogen (secondary N) is 1. The zero-order valence-corrected chi connectivity index (χ0v) is 10.6. The molecule has 0 aliphatic carbocycles. The Balaban J connectivity index is 2.36. The number of hydrogen-bond donors (Lipinski definition) is 2. The minimum atomic E-state index is -0.999. The molecular weight excluding hydrogens is 230 g/mol. The largest absolute Gasteiger partial charge is 0.476 e. The van der Waals surface area contributed by atoms with Crippen molar-refractivity contribution < 1.29 is 9.90 Å². The summed E-state index contributed by atoms with van der Waals surface area (Å²) in [6.07, 6.45) is 0. The molecule has 0 spiro atoms. The molecule has 0 atom stereocenters. The molecule has 0 fully saturated rings. The molecular formula is C13H17N3O2. The van der Waals surface area contributed by atoms with Crippen LogP contribution in [0.5, 0.6) is 0 Å². The third-order valence-corrected chi connectivity index (χ3v) is 3.13. The molecule has 0 aliphatic heterocycles. The summed E-state index contributed by atoms with van der Waals surface area (Å²) < 4.78 is 0. The van der Waals surface area contributed by atoms with Crippen molar-refractivity contribution in [3.63, 3.8) is 0 Å². The van der Waals surface area contributed by atoms with Crippen molar-refractivity contribution in [2.24, 2.45) is 0 Å². The van der Waals surface area contributed by atoms with E-state index in [2.05, 4.69) is 28.9 Å². The molecule has 1 aromatic heterocycles. The zero-order valence-electron chi connectivity index (χ0n) is 10.6. The molecule has 5 nitrogen and oxygen atoms in total. The van der Waals surface area contributed by atoms with E-state index in [-0.39, 0.29) is 5.69 Å². The van der Waals surface area contributed by atoms with Crippen molar-refractivity contribution in [2.75, 3.05) is 13.1 Å². The first-order valence-electron chi connectivity index (χ1n) is 6.08. The van der Waals surface area contributed by atoms with E-state index in [9.17, 15) is 4.79 Å². The molecule has 2 N–H and O–H groups in total. The van der Waals surface area contributed by atoms with Gasteiger partial charge in [-0.3, -0.25) is 10.00 Å². The van der Waals surface area contributed by atoms with Gasteiger partial charge in [0.1, 0.15) is 0 Å². The van der Waals surface area contributed by atoms with E-state index in [1.807, 2.05) is 18.2 Å². The highest BCUT2D eigenvalue weighted by Gasteiger charge is 2.13. The summed E-state index contributed by atoms with van der Waals surface area (Å²) in [6, 6.07) is 5.79. The van der Waals surface area contributed by atoms with Crippen LogP contribution in [0.15, 0.2) is 18.2 Å². The fourth-order valence-electron chi connectivity index (χ4n) is 2.03. The maximum Gasteiger partial charge on any atom is 0.357 e. The predicted molar refractivity (Wildman–Crippen MR) is 69.7 cm³/mol. The summed E-state index contributed by atoms with van der Waals surface area (Å²) in [4.78, 5) is 13.3. The van der Waals surface area contributed by atoms with E-state index >= 15 is 0 Å². The van der Waals surface area contributed by atoms with Crippen molar-refractivity contribution in [1.82, 2.24) is 15.1 Å². The number of hydrogen-bond acceptors (Lipinski definition) is 3. The second kappa shape index (κ2) is 5.18. The number of aromatic amines is 1. The van der Waals surface area contributed by atoms with Crippen molar-refractivity contribution in [1.29, 1.82) is 0 Å². The van der Waals surface area contributed by atoms with E-state index in [4.69, 9.17) is 5.11 Å². The van der Waals surface area contributed by atoms with E-state index in [0.29, 0.717) is 5.39 Å². The fraction of sp³-hybridized carbons (Fsp3) is 0.385. The number of aromatic nitrogens is 2.